The second-order valence-corrected chi connectivity index (χ2v) is 17.8. The average Bonchev–Trinajstić information content (AvgIpc) is 3.32. The minimum Gasteiger partial charge on any atom is -0.481 e. The van der Waals surface area contributed by atoms with E-state index in [0.29, 0.717) is 6.42 Å². The summed E-state index contributed by atoms with van der Waals surface area (Å²) in [5.41, 5.74) is 38.6. The van der Waals surface area contributed by atoms with Crippen molar-refractivity contribution in [3.8, 4) is 0 Å². The minimum absolute atomic E-state index is 0.00719. The van der Waals surface area contributed by atoms with Crippen molar-refractivity contribution in [3.05, 3.63) is 0 Å². The van der Waals surface area contributed by atoms with E-state index in [9.17, 15) is 72.9 Å². The van der Waals surface area contributed by atoms with Gasteiger partial charge in [0.1, 0.15) is 42.3 Å². The molecule has 0 bridgehead atoms. The number of carboxylic acids is 4. The zero-order valence-corrected chi connectivity index (χ0v) is 42.4. The van der Waals surface area contributed by atoms with Crippen molar-refractivity contribution in [1.29, 1.82) is 0 Å². The normalized spacial score (nSPS) is 14.0. The molecular formula is C42H74N16O16S. The van der Waals surface area contributed by atoms with Gasteiger partial charge < -0.3 is 97.8 Å². The summed E-state index contributed by atoms with van der Waals surface area (Å²) in [5.74, 6) is -14.3. The molecule has 0 fully saturated rings. The number of hydrogen-bond donors (Lipinski definition) is 18. The van der Waals surface area contributed by atoms with E-state index in [2.05, 4.69) is 47.2 Å². The third kappa shape index (κ3) is 30.9. The van der Waals surface area contributed by atoms with E-state index >= 15 is 0 Å². The summed E-state index contributed by atoms with van der Waals surface area (Å²) in [6.07, 6.45) is -2.31. The third-order valence-electron chi connectivity index (χ3n) is 10.6. The van der Waals surface area contributed by atoms with Crippen molar-refractivity contribution in [3.63, 3.8) is 0 Å². The molecule has 0 saturated carbocycles. The highest BCUT2D eigenvalue weighted by molar-refractivity contribution is 7.98. The Kier molecular flexibility index (Phi) is 33.5. The number of guanidine groups is 2. The van der Waals surface area contributed by atoms with Crippen molar-refractivity contribution in [1.82, 2.24) is 37.2 Å². The quantitative estimate of drug-likeness (QED) is 0.0154. The first-order valence-corrected chi connectivity index (χ1v) is 25.0. The highest BCUT2D eigenvalue weighted by Gasteiger charge is 2.35. The number of primary amides is 1. The van der Waals surface area contributed by atoms with E-state index in [1.807, 2.05) is 0 Å². The van der Waals surface area contributed by atoms with Crippen molar-refractivity contribution in [2.24, 2.45) is 50.1 Å². The molecule has 0 heterocycles. The molecule has 0 aliphatic heterocycles. The first-order chi connectivity index (χ1) is 35.2. The van der Waals surface area contributed by atoms with Crippen molar-refractivity contribution >= 4 is 94.8 Å². The molecule has 424 valence electrons. The van der Waals surface area contributed by atoms with E-state index in [1.165, 1.54) is 11.8 Å². The van der Waals surface area contributed by atoms with E-state index < -0.39 is 158 Å². The van der Waals surface area contributed by atoms with Gasteiger partial charge in [0.15, 0.2) is 11.9 Å². The van der Waals surface area contributed by atoms with Gasteiger partial charge in [-0.15, -0.1) is 0 Å². The largest absolute Gasteiger partial charge is 0.481 e. The average molecular weight is 1090 g/mol. The van der Waals surface area contributed by atoms with Crippen molar-refractivity contribution in [2.45, 2.75) is 145 Å². The van der Waals surface area contributed by atoms with Gasteiger partial charge in [0.25, 0.3) is 0 Å². The fraction of sp³-hybridized carbons (Fsp3) is 0.667. The van der Waals surface area contributed by atoms with Crippen LogP contribution in [0.3, 0.4) is 0 Å². The Balaban J connectivity index is 7.04. The molecule has 0 aliphatic rings. The zero-order valence-electron chi connectivity index (χ0n) is 41.6. The molecule has 8 atom stereocenters. The van der Waals surface area contributed by atoms with Gasteiger partial charge in [-0.1, -0.05) is 0 Å². The Bertz CT molecular complexity index is 2020. The Morgan fingerprint density at radius 2 is 0.787 bits per heavy atom. The van der Waals surface area contributed by atoms with Crippen LogP contribution in [0.1, 0.15) is 96.3 Å². The number of amides is 8. The molecule has 0 unspecified atom stereocenters. The number of unbranched alkanes of at least 4 members (excludes halogenated alkanes) is 1. The van der Waals surface area contributed by atoms with E-state index in [-0.39, 0.29) is 88.7 Å². The molecule has 0 saturated heterocycles. The highest BCUT2D eigenvalue weighted by atomic mass is 32.2. The molecule has 0 aromatic rings. The summed E-state index contributed by atoms with van der Waals surface area (Å²) in [6, 6.07) is -12.6. The maximum atomic E-state index is 14.2. The lowest BCUT2D eigenvalue weighted by molar-refractivity contribution is -0.147. The van der Waals surface area contributed by atoms with Gasteiger partial charge in [-0.05, 0) is 89.2 Å². The standard InChI is InChI=1S/C42H74N16O16S/c1-75-19-15-27(57-38(71)26(11-14-31(62)63)52-33(66)21(44)9-13-30(60)61)39(72)56-25(10-12-29(45)59)37(70)55-24(8-5-18-51-42(48)49)35(68)54-23(7-4-17-50-41(46)47)34(67)53-22(6-2-3-16-43)36(69)58-28(40(73)74)20-32(64)65/h21-28H,2-20,43-44H2,1H3,(H2,45,59)(H,52,66)(H,53,67)(H,54,68)(H,55,70)(H,56,72)(H,57,71)(H,58,69)(H,60,61)(H,62,63)(H,64,65)(H,73,74)(H4,46,47,50)(H4,48,49,51)/t21-,22-,23-,24-,25-,26-,27-,28-/m0/s1. The van der Waals surface area contributed by atoms with Gasteiger partial charge in [-0.2, -0.15) is 11.8 Å². The number of aliphatic carboxylic acids is 4. The fourth-order valence-corrected chi connectivity index (χ4v) is 7.07. The van der Waals surface area contributed by atoms with Crippen LogP contribution in [0, 0.1) is 0 Å². The molecule has 33 heteroatoms. The Morgan fingerprint density at radius 3 is 1.13 bits per heavy atom. The Morgan fingerprint density at radius 1 is 0.440 bits per heavy atom. The van der Waals surface area contributed by atoms with Crippen molar-refractivity contribution in [2.75, 3.05) is 31.6 Å². The lowest BCUT2D eigenvalue weighted by Crippen LogP contribution is -2.60. The molecule has 32 nitrogen and oxygen atoms in total. The first-order valence-electron chi connectivity index (χ1n) is 23.6. The second kappa shape index (κ2) is 37.2. The van der Waals surface area contributed by atoms with Crippen LogP contribution in [-0.2, 0) is 57.5 Å². The van der Waals surface area contributed by atoms with Crippen LogP contribution in [0.15, 0.2) is 9.98 Å². The maximum Gasteiger partial charge on any atom is 0.326 e. The molecular weight excluding hydrogens is 1020 g/mol. The van der Waals surface area contributed by atoms with Gasteiger partial charge in [-0.25, -0.2) is 4.79 Å². The van der Waals surface area contributed by atoms with Gasteiger partial charge in [-0.3, -0.25) is 62.7 Å². The lowest BCUT2D eigenvalue weighted by Gasteiger charge is -2.28. The Hall–Kier alpha value is -7.55. The number of nitrogens with zero attached hydrogens (tertiary/aromatic N) is 2. The van der Waals surface area contributed by atoms with Gasteiger partial charge in [0.2, 0.25) is 47.3 Å². The topological polar surface area (TPSA) is 577 Å². The third-order valence-corrected chi connectivity index (χ3v) is 11.2. The molecule has 0 aromatic carbocycles. The van der Waals surface area contributed by atoms with Crippen LogP contribution in [0.5, 0.6) is 0 Å². The molecule has 0 rings (SSSR count). The van der Waals surface area contributed by atoms with Gasteiger partial charge in [0, 0.05) is 32.4 Å². The van der Waals surface area contributed by atoms with Crippen LogP contribution in [0.2, 0.25) is 0 Å². The van der Waals surface area contributed by atoms with Crippen LogP contribution in [0.25, 0.3) is 0 Å². The number of rotatable bonds is 41. The predicted molar refractivity (Wildman–Crippen MR) is 269 cm³/mol. The van der Waals surface area contributed by atoms with E-state index in [0.717, 1.165) is 0 Å². The maximum absolute atomic E-state index is 14.2. The number of aliphatic imine (C=N–C) groups is 2. The summed E-state index contributed by atoms with van der Waals surface area (Å²) in [5, 5.41) is 53.7. The number of carbonyl (C=O) groups is 12. The number of hydrogen-bond acceptors (Lipinski definition) is 17. The number of nitrogens with two attached hydrogens (primary N) is 7. The Labute approximate surface area is 435 Å². The molecule has 0 spiro atoms. The minimum atomic E-state index is -1.88. The summed E-state index contributed by atoms with van der Waals surface area (Å²) < 4.78 is 0. The van der Waals surface area contributed by atoms with Crippen LogP contribution in [-0.4, -0.2) is 183 Å². The van der Waals surface area contributed by atoms with E-state index in [1.54, 1.807) is 6.26 Å². The first kappa shape index (κ1) is 67.5. The summed E-state index contributed by atoms with van der Waals surface area (Å²) >= 11 is 1.24. The second-order valence-electron chi connectivity index (χ2n) is 16.8. The number of thioether (sulfide) groups is 1. The monoisotopic (exact) mass is 1090 g/mol. The van der Waals surface area contributed by atoms with Crippen LogP contribution in [0.4, 0.5) is 0 Å². The number of carbonyl (C=O) groups excluding carboxylic acids is 8. The predicted octanol–water partition coefficient (Wildman–Crippen LogP) is -6.75. The summed E-state index contributed by atoms with van der Waals surface area (Å²) in [7, 11) is 0. The molecule has 0 radical (unpaired) electrons. The zero-order chi connectivity index (χ0) is 57.2. The van der Waals surface area contributed by atoms with Crippen LogP contribution >= 0.6 is 11.8 Å². The van der Waals surface area contributed by atoms with E-state index in [4.69, 9.17) is 45.2 Å². The number of nitrogens with one attached hydrogen (secondary N) is 7. The number of carboxylic acid groups (broad SMARTS) is 4. The smallest absolute Gasteiger partial charge is 0.326 e. The molecule has 75 heavy (non-hydrogen) atoms. The molecule has 8 amide bonds. The summed E-state index contributed by atoms with van der Waals surface area (Å²) in [4.78, 5) is 161. The summed E-state index contributed by atoms with van der Waals surface area (Å²) in [6.45, 7) is 0.0368. The fourth-order valence-electron chi connectivity index (χ4n) is 6.60. The molecule has 25 N–H and O–H groups in total. The SMILES string of the molecule is CSCC[C@H](NC(=O)[C@H](CCC(=O)O)NC(=O)[C@@H](N)CCC(=O)O)C(=O)N[C@@H](CCC(N)=O)C(=O)N[C@@H](CCCN=C(N)N)C(=O)N[C@@H](CCCN=C(N)N)C(=O)N[C@@H](CCCCN)C(=O)N[C@@H](CC(=O)O)C(=O)O. The van der Waals surface area contributed by atoms with Crippen LogP contribution < -0.4 is 77.4 Å². The lowest BCUT2D eigenvalue weighted by atomic mass is 10.0. The molecule has 0 aliphatic carbocycles. The van der Waals surface area contributed by atoms with Gasteiger partial charge >= 0.3 is 23.9 Å². The van der Waals surface area contributed by atoms with Crippen molar-refractivity contribution < 1.29 is 78.0 Å². The highest BCUT2D eigenvalue weighted by Crippen LogP contribution is 2.11. The van der Waals surface area contributed by atoms with Gasteiger partial charge in [0.05, 0.1) is 12.5 Å². The molecule has 0 aromatic heterocycles.